The summed E-state index contributed by atoms with van der Waals surface area (Å²) in [6.45, 7) is 1.58. The van der Waals surface area contributed by atoms with Crippen LogP contribution in [-0.2, 0) is 16.8 Å². The van der Waals surface area contributed by atoms with Crippen LogP contribution in [0.1, 0.15) is 35.0 Å². The summed E-state index contributed by atoms with van der Waals surface area (Å²) in [5, 5.41) is 0.0637. The van der Waals surface area contributed by atoms with Crippen molar-refractivity contribution in [3.63, 3.8) is 0 Å². The Balaban J connectivity index is 1.63. The molecule has 4 rings (SSSR count). The van der Waals surface area contributed by atoms with Gasteiger partial charge >= 0.3 is 0 Å². The molecule has 33 heavy (non-hydrogen) atoms. The maximum atomic E-state index is 14.9. The zero-order valence-electron chi connectivity index (χ0n) is 17.5. The number of halogens is 2. The van der Waals surface area contributed by atoms with Crippen molar-refractivity contribution in [2.24, 2.45) is 22.4 Å². The number of nitrogens with two attached hydrogens (primary N) is 2. The number of thioether (sulfide) groups is 1. The van der Waals surface area contributed by atoms with Crippen LogP contribution in [0, 0.1) is 29.9 Å². The van der Waals surface area contributed by atoms with Crippen molar-refractivity contribution in [2.45, 2.75) is 30.1 Å². The number of carbonyl (C=O) groups excluding carboxylic acids is 2. The molecule has 1 amide bonds. The fourth-order valence-corrected chi connectivity index (χ4v) is 5.47. The van der Waals surface area contributed by atoms with Gasteiger partial charge in [-0.15, -0.1) is 6.42 Å². The van der Waals surface area contributed by atoms with E-state index in [1.54, 1.807) is 6.92 Å². The summed E-state index contributed by atoms with van der Waals surface area (Å²) in [4.78, 5) is 37.0. The second-order valence-electron chi connectivity index (χ2n) is 7.98. The highest BCUT2D eigenvalue weighted by Crippen LogP contribution is 2.65. The number of Topliss-reactive ketones (excluding diaryl/α,β-unsaturated/α-hetero) is 1. The number of benzene rings is 1. The topological polar surface area (TPSA) is 134 Å². The lowest BCUT2D eigenvalue weighted by Gasteiger charge is -2.33. The summed E-state index contributed by atoms with van der Waals surface area (Å²) < 4.78 is 33.6. The number of ether oxygens (including phenoxy) is 1. The van der Waals surface area contributed by atoms with Crippen LogP contribution >= 0.6 is 11.8 Å². The zero-order valence-corrected chi connectivity index (χ0v) is 18.3. The van der Waals surface area contributed by atoms with Gasteiger partial charge in [0.05, 0.1) is 17.9 Å². The summed E-state index contributed by atoms with van der Waals surface area (Å²) >= 11 is 1.04. The maximum absolute atomic E-state index is 14.9. The Labute approximate surface area is 192 Å². The molecule has 0 unspecified atom stereocenters. The number of hydrogen-bond acceptors (Lipinski definition) is 8. The maximum Gasteiger partial charge on any atom is 0.234 e. The number of aromatic nitrogens is 2. The Bertz CT molecular complexity index is 1230. The quantitative estimate of drug-likeness (QED) is 0.464. The number of ketones is 1. The Morgan fingerprint density at radius 2 is 2.09 bits per heavy atom. The van der Waals surface area contributed by atoms with E-state index in [1.807, 2.05) is 0 Å². The van der Waals surface area contributed by atoms with Crippen molar-refractivity contribution in [3.05, 3.63) is 53.0 Å². The first-order valence-electron chi connectivity index (χ1n) is 9.85. The van der Waals surface area contributed by atoms with E-state index in [2.05, 4.69) is 20.9 Å². The molecule has 11 heteroatoms. The van der Waals surface area contributed by atoms with Gasteiger partial charge in [0.25, 0.3) is 0 Å². The van der Waals surface area contributed by atoms with Crippen LogP contribution in [0.5, 0.6) is 5.88 Å². The minimum Gasteiger partial charge on any atom is -0.463 e. The van der Waals surface area contributed by atoms with E-state index in [0.717, 1.165) is 17.8 Å². The summed E-state index contributed by atoms with van der Waals surface area (Å²) in [7, 11) is 0. The van der Waals surface area contributed by atoms with Crippen molar-refractivity contribution in [2.75, 3.05) is 6.61 Å². The number of amides is 1. The van der Waals surface area contributed by atoms with E-state index >= 15 is 0 Å². The molecule has 170 valence electrons. The van der Waals surface area contributed by atoms with Gasteiger partial charge in [-0.2, -0.15) is 0 Å². The molecular formula is C22H19F2N5O3S. The summed E-state index contributed by atoms with van der Waals surface area (Å²) in [5.74, 6) is -1.32. The lowest BCUT2D eigenvalue weighted by atomic mass is 9.84. The predicted molar refractivity (Wildman–Crippen MR) is 117 cm³/mol. The van der Waals surface area contributed by atoms with Crippen molar-refractivity contribution >= 4 is 28.6 Å². The van der Waals surface area contributed by atoms with Crippen molar-refractivity contribution < 1.29 is 23.1 Å². The lowest BCUT2D eigenvalue weighted by molar-refractivity contribution is -0.118. The molecule has 1 aliphatic carbocycles. The van der Waals surface area contributed by atoms with Gasteiger partial charge in [0.15, 0.2) is 29.2 Å². The normalized spacial score (nSPS) is 25.4. The second kappa shape index (κ2) is 8.12. The number of terminal acetylenes is 1. The number of primary amides is 1. The first-order valence-corrected chi connectivity index (χ1v) is 10.7. The number of aliphatic imine (C=N–C) groups is 1. The van der Waals surface area contributed by atoms with E-state index in [9.17, 15) is 18.4 Å². The van der Waals surface area contributed by atoms with Crippen LogP contribution in [0.4, 0.5) is 8.78 Å². The monoisotopic (exact) mass is 471 g/mol. The van der Waals surface area contributed by atoms with Gasteiger partial charge in [-0.3, -0.25) is 14.6 Å². The molecule has 1 saturated carbocycles. The average Bonchev–Trinajstić information content (AvgIpc) is 3.52. The molecule has 0 bridgehead atoms. The standard InChI is InChI=1S/C22H19F2N5O3S/c1-3-4-32-17-10-27-14(9-28-17)15(30)7-11-5-12(18(24)13(23)6-11)21(2)16-8-22(16,19(25)31)33-20(26)29-21/h1,5-6,9-10,16H,4,7-8H2,2H3,(H2,25,31)(H2,26,29)/t16-,21+,22-/m0/s1. The third kappa shape index (κ3) is 3.91. The molecule has 0 saturated heterocycles. The second-order valence-corrected chi connectivity index (χ2v) is 9.33. The highest BCUT2D eigenvalue weighted by molar-refractivity contribution is 8.15. The molecule has 1 aromatic carbocycles. The number of rotatable bonds is 7. The average molecular weight is 471 g/mol. The molecule has 8 nitrogen and oxygen atoms in total. The highest BCUT2D eigenvalue weighted by atomic mass is 32.2. The van der Waals surface area contributed by atoms with Crippen LogP contribution in [0.3, 0.4) is 0 Å². The van der Waals surface area contributed by atoms with Crippen molar-refractivity contribution in [1.82, 2.24) is 9.97 Å². The van der Waals surface area contributed by atoms with Crippen LogP contribution in [0.15, 0.2) is 29.5 Å². The molecule has 4 N–H and O–H groups in total. The Morgan fingerprint density at radius 3 is 2.73 bits per heavy atom. The van der Waals surface area contributed by atoms with E-state index in [4.69, 9.17) is 22.6 Å². The summed E-state index contributed by atoms with van der Waals surface area (Å²) in [5.41, 5.74) is 10.3. The molecule has 1 aromatic heterocycles. The number of hydrogen-bond donors (Lipinski definition) is 2. The fraction of sp³-hybridized carbons (Fsp3) is 0.318. The minimum absolute atomic E-state index is 0.00189. The fourth-order valence-electron chi connectivity index (χ4n) is 4.14. The molecule has 2 aliphatic rings. The number of nitrogens with zero attached hydrogens (tertiary/aromatic N) is 3. The van der Waals surface area contributed by atoms with E-state index in [1.165, 1.54) is 18.5 Å². The minimum atomic E-state index is -1.32. The molecular weight excluding hydrogens is 452 g/mol. The Morgan fingerprint density at radius 1 is 1.33 bits per heavy atom. The Kier molecular flexibility index (Phi) is 5.57. The van der Waals surface area contributed by atoms with E-state index in [0.29, 0.717) is 6.42 Å². The van der Waals surface area contributed by atoms with Gasteiger partial charge in [-0.25, -0.2) is 18.7 Å². The third-order valence-electron chi connectivity index (χ3n) is 5.85. The van der Waals surface area contributed by atoms with Crippen LogP contribution in [0.25, 0.3) is 0 Å². The molecule has 0 spiro atoms. The van der Waals surface area contributed by atoms with Crippen LogP contribution in [0.2, 0.25) is 0 Å². The van der Waals surface area contributed by atoms with Gasteiger partial charge in [0.1, 0.15) is 10.4 Å². The van der Waals surface area contributed by atoms with E-state index in [-0.39, 0.29) is 40.9 Å². The van der Waals surface area contributed by atoms with E-state index < -0.39 is 39.5 Å². The molecule has 1 aliphatic heterocycles. The number of amidine groups is 1. The van der Waals surface area contributed by atoms with Gasteiger partial charge in [-0.1, -0.05) is 17.7 Å². The largest absolute Gasteiger partial charge is 0.463 e. The number of carbonyl (C=O) groups is 2. The summed E-state index contributed by atoms with van der Waals surface area (Å²) in [6.07, 6.45) is 7.64. The highest BCUT2D eigenvalue weighted by Gasteiger charge is 2.70. The molecule has 3 atom stereocenters. The van der Waals surface area contributed by atoms with Gasteiger partial charge in [0, 0.05) is 17.9 Å². The first kappa shape index (κ1) is 22.7. The Hall–Kier alpha value is -3.52. The SMILES string of the molecule is C#CCOc1cnc(C(=O)Cc2cc(F)c(F)c([C@@]3(C)N=C(N)S[C@@]4(C(N)=O)C[C@H]43)c2)cn1. The van der Waals surface area contributed by atoms with Crippen LogP contribution < -0.4 is 16.2 Å². The van der Waals surface area contributed by atoms with Crippen molar-refractivity contribution in [3.8, 4) is 18.2 Å². The lowest BCUT2D eigenvalue weighted by Crippen LogP contribution is -2.42. The van der Waals surface area contributed by atoms with Gasteiger partial charge < -0.3 is 16.2 Å². The summed E-state index contributed by atoms with van der Waals surface area (Å²) in [6, 6.07) is 2.31. The molecule has 2 aromatic rings. The molecule has 0 radical (unpaired) electrons. The third-order valence-corrected chi connectivity index (χ3v) is 7.17. The van der Waals surface area contributed by atoms with Gasteiger partial charge in [0.2, 0.25) is 11.8 Å². The van der Waals surface area contributed by atoms with Crippen LogP contribution in [-0.4, -0.2) is 38.2 Å². The predicted octanol–water partition coefficient (Wildman–Crippen LogP) is 1.71. The smallest absolute Gasteiger partial charge is 0.234 e. The zero-order chi connectivity index (χ0) is 24.0. The number of fused-ring (bicyclic) bond motifs is 1. The van der Waals surface area contributed by atoms with Gasteiger partial charge in [-0.05, 0) is 31.0 Å². The molecule has 1 fully saturated rings. The van der Waals surface area contributed by atoms with Crippen molar-refractivity contribution in [1.29, 1.82) is 0 Å². The first-order chi connectivity index (χ1) is 15.6. The molecule has 2 heterocycles.